The molecule has 7 heteroatoms. The van der Waals surface area contributed by atoms with Crippen molar-refractivity contribution in [1.82, 2.24) is 0 Å². The van der Waals surface area contributed by atoms with Crippen molar-refractivity contribution in [3.8, 4) is 5.75 Å². The largest absolute Gasteiger partial charge is 0.573 e. The zero-order valence-corrected chi connectivity index (χ0v) is 13.7. The van der Waals surface area contributed by atoms with Crippen LogP contribution in [0.5, 0.6) is 5.75 Å². The van der Waals surface area contributed by atoms with Gasteiger partial charge in [0.1, 0.15) is 5.75 Å². The summed E-state index contributed by atoms with van der Waals surface area (Å²) in [6.45, 7) is 0. The normalized spacial score (nSPS) is 16.8. The van der Waals surface area contributed by atoms with Crippen molar-refractivity contribution in [2.45, 2.75) is 18.7 Å². The average molecular weight is 350 g/mol. The van der Waals surface area contributed by atoms with Gasteiger partial charge in [0.05, 0.1) is 0 Å². The van der Waals surface area contributed by atoms with Crippen molar-refractivity contribution in [1.29, 1.82) is 0 Å². The molecule has 1 aliphatic rings. The molecule has 0 radical (unpaired) electrons. The number of anilines is 2. The Bertz CT molecular complexity index is 786. The summed E-state index contributed by atoms with van der Waals surface area (Å²) in [7, 11) is 3.81. The van der Waals surface area contributed by atoms with Gasteiger partial charge in [-0.25, -0.2) is 0 Å². The monoisotopic (exact) mass is 350 g/mol. The summed E-state index contributed by atoms with van der Waals surface area (Å²) < 4.78 is 40.7. The molecule has 0 fully saturated rings. The van der Waals surface area contributed by atoms with Crippen LogP contribution in [0.1, 0.15) is 23.5 Å². The van der Waals surface area contributed by atoms with Crippen molar-refractivity contribution in [3.05, 3.63) is 53.6 Å². The Morgan fingerprint density at radius 2 is 1.80 bits per heavy atom. The number of nitrogens with zero attached hydrogens (tertiary/aromatic N) is 1. The lowest BCUT2D eigenvalue weighted by Crippen LogP contribution is -2.24. The summed E-state index contributed by atoms with van der Waals surface area (Å²) in [4.78, 5) is 14.0. The second-order valence-corrected chi connectivity index (χ2v) is 6.09. The predicted octanol–water partition coefficient (Wildman–Crippen LogP) is 4.13. The smallest absolute Gasteiger partial charge is 0.406 e. The fraction of sp³-hybridized carbons (Fsp3) is 0.278. The van der Waals surface area contributed by atoms with Gasteiger partial charge in [-0.3, -0.25) is 4.79 Å². The number of carbonyl (C=O) groups is 1. The van der Waals surface area contributed by atoms with E-state index in [4.69, 9.17) is 0 Å². The molecule has 1 N–H and O–H groups in total. The molecule has 0 bridgehead atoms. The van der Waals surface area contributed by atoms with Gasteiger partial charge in [-0.2, -0.15) is 0 Å². The van der Waals surface area contributed by atoms with E-state index in [1.807, 2.05) is 37.2 Å². The Hall–Kier alpha value is -2.70. The quantitative estimate of drug-likeness (QED) is 0.905. The molecule has 0 saturated carbocycles. The molecule has 2 aromatic rings. The molecule has 1 aliphatic heterocycles. The van der Waals surface area contributed by atoms with Crippen LogP contribution in [-0.2, 0) is 4.79 Å². The molecule has 1 unspecified atom stereocenters. The van der Waals surface area contributed by atoms with Crippen molar-refractivity contribution in [2.24, 2.45) is 0 Å². The Morgan fingerprint density at radius 1 is 1.12 bits per heavy atom. The van der Waals surface area contributed by atoms with Crippen molar-refractivity contribution < 1.29 is 22.7 Å². The molecule has 0 saturated heterocycles. The summed E-state index contributed by atoms with van der Waals surface area (Å²) in [6, 6.07) is 11.4. The number of nitrogens with one attached hydrogen (secondary N) is 1. The maximum atomic E-state index is 12.3. The summed E-state index contributed by atoms with van der Waals surface area (Å²) in [5, 5.41) is 2.86. The standard InChI is InChI=1S/C18H17F3N2O2/c1-23(2)12-5-8-14-15(10-17(24)22-16(14)9-12)11-3-6-13(7-4-11)25-18(19,20)21/h3-9,15H,10H2,1-2H3,(H,22,24). The van der Waals surface area contributed by atoms with E-state index < -0.39 is 6.36 Å². The SMILES string of the molecule is CN(C)c1ccc2c(c1)NC(=O)CC2c1ccc(OC(F)(F)F)cc1. The van der Waals surface area contributed by atoms with E-state index in [9.17, 15) is 18.0 Å². The first-order chi connectivity index (χ1) is 11.7. The van der Waals surface area contributed by atoms with Gasteiger partial charge in [0, 0.05) is 37.8 Å². The van der Waals surface area contributed by atoms with Crippen molar-refractivity contribution in [2.75, 3.05) is 24.3 Å². The lowest BCUT2D eigenvalue weighted by atomic mass is 9.84. The molecule has 1 amide bonds. The molecule has 2 aromatic carbocycles. The number of alkyl halides is 3. The molecule has 1 atom stereocenters. The third-order valence-electron chi connectivity index (χ3n) is 4.11. The fourth-order valence-corrected chi connectivity index (χ4v) is 2.93. The maximum Gasteiger partial charge on any atom is 0.573 e. The molecular weight excluding hydrogens is 333 g/mol. The number of rotatable bonds is 3. The van der Waals surface area contributed by atoms with Crippen LogP contribution in [0.25, 0.3) is 0 Å². The molecular formula is C18H17F3N2O2. The highest BCUT2D eigenvalue weighted by atomic mass is 19.4. The number of carbonyl (C=O) groups excluding carboxylic acids is 1. The maximum absolute atomic E-state index is 12.3. The van der Waals surface area contributed by atoms with E-state index in [-0.39, 0.29) is 24.0 Å². The summed E-state index contributed by atoms with van der Waals surface area (Å²) >= 11 is 0. The Morgan fingerprint density at radius 3 is 2.40 bits per heavy atom. The number of fused-ring (bicyclic) bond motifs is 1. The van der Waals surface area contributed by atoms with Gasteiger partial charge >= 0.3 is 6.36 Å². The Kier molecular flexibility index (Phi) is 4.32. The number of ether oxygens (including phenoxy) is 1. The topological polar surface area (TPSA) is 41.6 Å². The van der Waals surface area contributed by atoms with Crippen LogP contribution in [0, 0.1) is 0 Å². The molecule has 4 nitrogen and oxygen atoms in total. The number of hydrogen-bond donors (Lipinski definition) is 1. The minimum absolute atomic E-state index is 0.121. The molecule has 0 aliphatic carbocycles. The van der Waals surface area contributed by atoms with Crippen LogP contribution in [0.15, 0.2) is 42.5 Å². The average Bonchev–Trinajstić information content (AvgIpc) is 2.52. The summed E-state index contributed by atoms with van der Waals surface area (Å²) in [5.41, 5.74) is 3.38. The van der Waals surface area contributed by atoms with Gasteiger partial charge in [0.25, 0.3) is 0 Å². The van der Waals surface area contributed by atoms with Crippen molar-refractivity contribution >= 4 is 17.3 Å². The third-order valence-corrected chi connectivity index (χ3v) is 4.11. The van der Waals surface area contributed by atoms with Crippen LogP contribution in [-0.4, -0.2) is 26.4 Å². The van der Waals surface area contributed by atoms with Crippen LogP contribution in [0.3, 0.4) is 0 Å². The van der Waals surface area contributed by atoms with Crippen LogP contribution >= 0.6 is 0 Å². The first-order valence-electron chi connectivity index (χ1n) is 7.70. The zero-order chi connectivity index (χ0) is 18.2. The van der Waals surface area contributed by atoms with E-state index in [1.54, 1.807) is 12.1 Å². The number of amides is 1. The summed E-state index contributed by atoms with van der Waals surface area (Å²) in [6.07, 6.45) is -4.48. The highest BCUT2D eigenvalue weighted by molar-refractivity contribution is 5.96. The first kappa shape index (κ1) is 17.1. The van der Waals surface area contributed by atoms with Gasteiger partial charge in [-0.05, 0) is 35.4 Å². The van der Waals surface area contributed by atoms with Crippen LogP contribution in [0.2, 0.25) is 0 Å². The second-order valence-electron chi connectivity index (χ2n) is 6.09. The molecule has 25 heavy (non-hydrogen) atoms. The molecule has 0 spiro atoms. The van der Waals surface area contributed by atoms with Gasteiger partial charge in [-0.15, -0.1) is 13.2 Å². The lowest BCUT2D eigenvalue weighted by Gasteiger charge is -2.27. The van der Waals surface area contributed by atoms with Gasteiger partial charge in [0.2, 0.25) is 5.91 Å². The Balaban J connectivity index is 1.92. The van der Waals surface area contributed by atoms with Crippen LogP contribution < -0.4 is 15.0 Å². The number of halogens is 3. The third kappa shape index (κ3) is 3.87. The molecule has 132 valence electrons. The fourth-order valence-electron chi connectivity index (χ4n) is 2.93. The van der Waals surface area contributed by atoms with E-state index in [2.05, 4.69) is 10.1 Å². The molecule has 1 heterocycles. The lowest BCUT2D eigenvalue weighted by molar-refractivity contribution is -0.274. The number of hydrogen-bond acceptors (Lipinski definition) is 3. The number of benzene rings is 2. The highest BCUT2D eigenvalue weighted by Gasteiger charge is 2.31. The summed E-state index contributed by atoms with van der Waals surface area (Å²) in [5.74, 6) is -0.608. The van der Waals surface area contributed by atoms with Gasteiger partial charge in [-0.1, -0.05) is 18.2 Å². The zero-order valence-electron chi connectivity index (χ0n) is 13.7. The predicted molar refractivity (Wildman–Crippen MR) is 89.0 cm³/mol. The second kappa shape index (κ2) is 6.31. The van der Waals surface area contributed by atoms with Gasteiger partial charge < -0.3 is 15.0 Å². The van der Waals surface area contributed by atoms with E-state index in [0.29, 0.717) is 0 Å². The molecule has 0 aromatic heterocycles. The van der Waals surface area contributed by atoms with Crippen molar-refractivity contribution in [3.63, 3.8) is 0 Å². The molecule has 3 rings (SSSR count). The van der Waals surface area contributed by atoms with E-state index in [1.165, 1.54) is 12.1 Å². The minimum Gasteiger partial charge on any atom is -0.406 e. The minimum atomic E-state index is -4.72. The Labute approximate surface area is 143 Å². The van der Waals surface area contributed by atoms with Crippen LogP contribution in [0.4, 0.5) is 24.5 Å². The van der Waals surface area contributed by atoms with Gasteiger partial charge in [0.15, 0.2) is 0 Å². The van der Waals surface area contributed by atoms with E-state index in [0.717, 1.165) is 22.5 Å². The highest BCUT2D eigenvalue weighted by Crippen LogP contribution is 2.39. The van der Waals surface area contributed by atoms with E-state index >= 15 is 0 Å². The first-order valence-corrected chi connectivity index (χ1v) is 7.70.